The molecule has 1 aliphatic heterocycles. The fourth-order valence-electron chi connectivity index (χ4n) is 3.96. The molecular weight excluding hydrogens is 250 g/mol. The number of carboxylic acid groups (broad SMARTS) is 1. The lowest BCUT2D eigenvalue weighted by molar-refractivity contribution is -0.143. The van der Waals surface area contributed by atoms with Crippen LogP contribution in [-0.2, 0) is 4.79 Å². The highest BCUT2D eigenvalue weighted by Gasteiger charge is 2.36. The molecule has 1 N–H and O–H groups in total. The van der Waals surface area contributed by atoms with E-state index in [-0.39, 0.29) is 6.04 Å². The number of hydrogen-bond acceptors (Lipinski definition) is 2. The van der Waals surface area contributed by atoms with Gasteiger partial charge in [0.2, 0.25) is 0 Å². The standard InChI is InChI=1S/C17H23NO2/c19-17(20)16-7-4-12-18(16)15-10-8-14(9-11-15)13-5-2-1-3-6-13/h1-3,5-6,14-16H,4,7-12H2,(H,19,20). The van der Waals surface area contributed by atoms with Crippen molar-refractivity contribution in [3.63, 3.8) is 0 Å². The van der Waals surface area contributed by atoms with Crippen LogP contribution >= 0.6 is 0 Å². The predicted molar refractivity (Wildman–Crippen MR) is 78.8 cm³/mol. The molecule has 1 unspecified atom stereocenters. The summed E-state index contributed by atoms with van der Waals surface area (Å²) in [5.41, 5.74) is 1.45. The molecule has 1 heterocycles. The summed E-state index contributed by atoms with van der Waals surface area (Å²) in [4.78, 5) is 13.6. The molecule has 0 spiro atoms. The molecule has 0 aromatic heterocycles. The zero-order valence-electron chi connectivity index (χ0n) is 11.9. The van der Waals surface area contributed by atoms with Gasteiger partial charge in [-0.1, -0.05) is 30.3 Å². The summed E-state index contributed by atoms with van der Waals surface area (Å²) in [6.45, 7) is 0.970. The smallest absolute Gasteiger partial charge is 0.320 e. The molecule has 0 bridgehead atoms. The SMILES string of the molecule is O=C(O)C1CCCN1C1CCC(c2ccccc2)CC1. The Balaban J connectivity index is 1.60. The van der Waals surface area contributed by atoms with Crippen LogP contribution in [0.2, 0.25) is 0 Å². The second-order valence-corrected chi connectivity index (χ2v) is 6.15. The number of carbonyl (C=O) groups is 1. The van der Waals surface area contributed by atoms with Crippen LogP contribution in [-0.4, -0.2) is 34.6 Å². The van der Waals surface area contributed by atoms with Crippen molar-refractivity contribution >= 4 is 5.97 Å². The summed E-state index contributed by atoms with van der Waals surface area (Å²) >= 11 is 0. The van der Waals surface area contributed by atoms with Crippen LogP contribution in [0.5, 0.6) is 0 Å². The van der Waals surface area contributed by atoms with Gasteiger partial charge >= 0.3 is 5.97 Å². The lowest BCUT2D eigenvalue weighted by Crippen LogP contribution is -2.44. The summed E-state index contributed by atoms with van der Waals surface area (Å²) in [5, 5.41) is 9.30. The van der Waals surface area contributed by atoms with Crippen LogP contribution in [0.25, 0.3) is 0 Å². The summed E-state index contributed by atoms with van der Waals surface area (Å²) < 4.78 is 0. The Hall–Kier alpha value is -1.35. The molecule has 2 aliphatic rings. The molecule has 3 rings (SSSR count). The number of benzene rings is 1. The van der Waals surface area contributed by atoms with Gasteiger partial charge in [-0.15, -0.1) is 0 Å². The minimum Gasteiger partial charge on any atom is -0.480 e. The van der Waals surface area contributed by atoms with Crippen molar-refractivity contribution in [3.05, 3.63) is 35.9 Å². The minimum absolute atomic E-state index is 0.228. The van der Waals surface area contributed by atoms with Gasteiger partial charge in [-0.2, -0.15) is 0 Å². The zero-order valence-corrected chi connectivity index (χ0v) is 11.9. The third-order valence-electron chi connectivity index (χ3n) is 5.02. The van der Waals surface area contributed by atoms with E-state index in [1.807, 2.05) is 0 Å². The molecule has 1 saturated heterocycles. The second-order valence-electron chi connectivity index (χ2n) is 6.15. The first-order chi connectivity index (χ1) is 9.75. The van der Waals surface area contributed by atoms with Crippen LogP contribution in [0.15, 0.2) is 30.3 Å². The molecule has 1 atom stereocenters. The van der Waals surface area contributed by atoms with Crippen LogP contribution in [0.1, 0.15) is 50.0 Å². The molecule has 0 amide bonds. The monoisotopic (exact) mass is 273 g/mol. The largest absolute Gasteiger partial charge is 0.480 e. The number of likely N-dealkylation sites (tertiary alicyclic amines) is 1. The van der Waals surface area contributed by atoms with Crippen molar-refractivity contribution in [1.82, 2.24) is 4.90 Å². The number of carboxylic acids is 1. The van der Waals surface area contributed by atoms with Gasteiger partial charge in [0.25, 0.3) is 0 Å². The fraction of sp³-hybridized carbons (Fsp3) is 0.588. The van der Waals surface area contributed by atoms with E-state index in [0.29, 0.717) is 12.0 Å². The highest BCUT2D eigenvalue weighted by Crippen LogP contribution is 2.36. The molecule has 0 radical (unpaired) electrons. The van der Waals surface area contributed by atoms with E-state index in [9.17, 15) is 9.90 Å². The molecule has 1 saturated carbocycles. The van der Waals surface area contributed by atoms with Gasteiger partial charge in [0, 0.05) is 6.04 Å². The van der Waals surface area contributed by atoms with Crippen molar-refractivity contribution in [2.24, 2.45) is 0 Å². The molecule has 20 heavy (non-hydrogen) atoms. The Morgan fingerprint density at radius 3 is 2.40 bits per heavy atom. The van der Waals surface area contributed by atoms with Crippen molar-refractivity contribution in [1.29, 1.82) is 0 Å². The van der Waals surface area contributed by atoms with Gasteiger partial charge in [-0.3, -0.25) is 9.69 Å². The van der Waals surface area contributed by atoms with E-state index in [4.69, 9.17) is 0 Å². The van der Waals surface area contributed by atoms with Gasteiger partial charge in [0.15, 0.2) is 0 Å². The van der Waals surface area contributed by atoms with E-state index in [2.05, 4.69) is 35.2 Å². The topological polar surface area (TPSA) is 40.5 Å². The van der Waals surface area contributed by atoms with Crippen molar-refractivity contribution in [2.45, 2.75) is 56.5 Å². The lowest BCUT2D eigenvalue weighted by atomic mass is 9.81. The number of rotatable bonds is 3. The van der Waals surface area contributed by atoms with E-state index in [0.717, 1.165) is 32.2 Å². The molecule has 2 fully saturated rings. The van der Waals surface area contributed by atoms with E-state index >= 15 is 0 Å². The van der Waals surface area contributed by atoms with Crippen LogP contribution < -0.4 is 0 Å². The van der Waals surface area contributed by atoms with Crippen molar-refractivity contribution in [2.75, 3.05) is 6.54 Å². The Kier molecular flexibility index (Phi) is 4.06. The molecule has 1 aromatic carbocycles. The maximum atomic E-state index is 11.3. The Bertz CT molecular complexity index is 451. The summed E-state index contributed by atoms with van der Waals surface area (Å²) in [7, 11) is 0. The first kappa shape index (κ1) is 13.6. The second kappa shape index (κ2) is 5.96. The molecule has 1 aromatic rings. The van der Waals surface area contributed by atoms with Gasteiger partial charge in [-0.25, -0.2) is 0 Å². The zero-order chi connectivity index (χ0) is 13.9. The third kappa shape index (κ3) is 2.73. The number of hydrogen-bond donors (Lipinski definition) is 1. The predicted octanol–water partition coefficient (Wildman–Crippen LogP) is 3.26. The average molecular weight is 273 g/mol. The van der Waals surface area contributed by atoms with Crippen LogP contribution in [0, 0.1) is 0 Å². The highest BCUT2D eigenvalue weighted by atomic mass is 16.4. The fourth-order valence-corrected chi connectivity index (χ4v) is 3.96. The van der Waals surface area contributed by atoms with Crippen LogP contribution in [0.3, 0.4) is 0 Å². The highest BCUT2D eigenvalue weighted by molar-refractivity contribution is 5.73. The molecule has 1 aliphatic carbocycles. The lowest BCUT2D eigenvalue weighted by Gasteiger charge is -2.36. The molecule has 3 nitrogen and oxygen atoms in total. The average Bonchev–Trinajstić information content (AvgIpc) is 2.98. The third-order valence-corrected chi connectivity index (χ3v) is 5.02. The Labute approximate surface area is 120 Å². The Morgan fingerprint density at radius 2 is 1.75 bits per heavy atom. The van der Waals surface area contributed by atoms with Crippen molar-refractivity contribution < 1.29 is 9.90 Å². The number of nitrogens with zero attached hydrogens (tertiary/aromatic N) is 1. The van der Waals surface area contributed by atoms with Crippen molar-refractivity contribution in [3.8, 4) is 0 Å². The van der Waals surface area contributed by atoms with E-state index in [1.54, 1.807) is 0 Å². The molecule has 3 heteroatoms. The number of aliphatic carboxylic acids is 1. The van der Waals surface area contributed by atoms with Gasteiger partial charge in [0.1, 0.15) is 6.04 Å². The normalized spacial score (nSPS) is 31.3. The Morgan fingerprint density at radius 1 is 1.05 bits per heavy atom. The minimum atomic E-state index is -0.632. The molecular formula is C17H23NO2. The quantitative estimate of drug-likeness (QED) is 0.919. The summed E-state index contributed by atoms with van der Waals surface area (Å²) in [5.74, 6) is 0.0333. The first-order valence-electron chi connectivity index (χ1n) is 7.79. The van der Waals surface area contributed by atoms with Crippen LogP contribution in [0.4, 0.5) is 0 Å². The van der Waals surface area contributed by atoms with Gasteiger partial charge in [-0.05, 0) is 56.6 Å². The maximum absolute atomic E-state index is 11.3. The van der Waals surface area contributed by atoms with E-state index < -0.39 is 5.97 Å². The maximum Gasteiger partial charge on any atom is 0.320 e. The summed E-state index contributed by atoms with van der Waals surface area (Å²) in [6, 6.07) is 11.0. The van der Waals surface area contributed by atoms with E-state index in [1.165, 1.54) is 18.4 Å². The molecule has 108 valence electrons. The van der Waals surface area contributed by atoms with Gasteiger partial charge in [0.05, 0.1) is 0 Å². The summed E-state index contributed by atoms with van der Waals surface area (Å²) in [6.07, 6.45) is 6.53. The van der Waals surface area contributed by atoms with Gasteiger partial charge < -0.3 is 5.11 Å². The first-order valence-corrected chi connectivity index (χ1v) is 7.79.